The average Bonchev–Trinajstić information content (AvgIpc) is 2.42. The summed E-state index contributed by atoms with van der Waals surface area (Å²) in [7, 11) is 0. The molecule has 0 saturated carbocycles. The summed E-state index contributed by atoms with van der Waals surface area (Å²) in [4.78, 5) is 4.61. The highest BCUT2D eigenvalue weighted by Crippen LogP contribution is 2.25. The maximum absolute atomic E-state index is 13.2. The van der Waals surface area contributed by atoms with Crippen LogP contribution in [0.15, 0.2) is 18.2 Å². The largest absolute Gasteiger partial charge is 0.395 e. The Morgan fingerprint density at radius 1 is 1.32 bits per heavy atom. The molecule has 0 amide bonds. The summed E-state index contributed by atoms with van der Waals surface area (Å²) in [6.45, 7) is 6.89. The Labute approximate surface area is 118 Å². The van der Waals surface area contributed by atoms with Crippen LogP contribution in [-0.2, 0) is 0 Å². The molecule has 1 heterocycles. The minimum atomic E-state index is -0.370. The fraction of sp³-hybridized carbons (Fsp3) is 0.571. The first-order valence-corrected chi connectivity index (χ1v) is 7.02. The van der Waals surface area contributed by atoms with Crippen molar-refractivity contribution in [1.29, 1.82) is 0 Å². The van der Waals surface area contributed by atoms with Gasteiger partial charge in [-0.05, 0) is 24.6 Å². The number of hydrogen-bond donors (Lipinski definition) is 1. The van der Waals surface area contributed by atoms with Gasteiger partial charge in [0.25, 0.3) is 0 Å². The van der Waals surface area contributed by atoms with Crippen LogP contribution in [-0.4, -0.2) is 54.2 Å². The number of piperazine rings is 1. The summed E-state index contributed by atoms with van der Waals surface area (Å²) in [6.07, 6.45) is 0. The zero-order chi connectivity index (χ0) is 13.8. The summed E-state index contributed by atoms with van der Waals surface area (Å²) in [5.41, 5.74) is 1.04. The molecule has 0 spiro atoms. The topological polar surface area (TPSA) is 26.7 Å². The van der Waals surface area contributed by atoms with Crippen molar-refractivity contribution < 1.29 is 9.50 Å². The second kappa shape index (κ2) is 6.66. The van der Waals surface area contributed by atoms with Crippen LogP contribution in [0.3, 0.4) is 0 Å². The fourth-order valence-corrected chi connectivity index (χ4v) is 2.69. The normalized spacial score (nSPS) is 19.6. The molecule has 1 aliphatic rings. The molecule has 1 saturated heterocycles. The standard InChI is InChI=1S/C14H20ClFN2O/c1-11(12-2-3-14(16)13(15)10-12)18-6-4-17(5-7-18)8-9-19/h2-3,10-11,19H,4-9H2,1H3/t11-/m0/s1. The van der Waals surface area contributed by atoms with Gasteiger partial charge < -0.3 is 5.11 Å². The predicted molar refractivity (Wildman–Crippen MR) is 74.9 cm³/mol. The SMILES string of the molecule is C[C@@H](c1ccc(F)c(Cl)c1)N1CCN(CCO)CC1. The Bertz CT molecular complexity index is 422. The molecule has 0 unspecified atom stereocenters. The van der Waals surface area contributed by atoms with E-state index >= 15 is 0 Å². The summed E-state index contributed by atoms with van der Waals surface area (Å²) < 4.78 is 13.2. The molecule has 5 heteroatoms. The van der Waals surface area contributed by atoms with E-state index in [1.54, 1.807) is 12.1 Å². The van der Waals surface area contributed by atoms with Crippen molar-refractivity contribution in [1.82, 2.24) is 9.80 Å². The van der Waals surface area contributed by atoms with Crippen molar-refractivity contribution in [3.05, 3.63) is 34.6 Å². The molecular weight excluding hydrogens is 267 g/mol. The molecule has 0 aromatic heterocycles. The van der Waals surface area contributed by atoms with E-state index in [2.05, 4.69) is 16.7 Å². The van der Waals surface area contributed by atoms with Crippen molar-refractivity contribution in [2.45, 2.75) is 13.0 Å². The van der Waals surface area contributed by atoms with Gasteiger partial charge in [0.2, 0.25) is 0 Å². The Morgan fingerprint density at radius 3 is 2.58 bits per heavy atom. The molecule has 0 bridgehead atoms. The molecule has 1 aliphatic heterocycles. The number of halogens is 2. The zero-order valence-corrected chi connectivity index (χ0v) is 11.9. The molecule has 0 aliphatic carbocycles. The molecule has 2 rings (SSSR count). The number of benzene rings is 1. The maximum atomic E-state index is 13.2. The Balaban J connectivity index is 1.97. The first-order valence-electron chi connectivity index (χ1n) is 6.64. The summed E-state index contributed by atoms with van der Waals surface area (Å²) in [6, 6.07) is 5.17. The van der Waals surface area contributed by atoms with Crippen LogP contribution in [0, 0.1) is 5.82 Å². The van der Waals surface area contributed by atoms with Crippen LogP contribution in [0.25, 0.3) is 0 Å². The van der Waals surface area contributed by atoms with E-state index in [0.717, 1.165) is 38.3 Å². The van der Waals surface area contributed by atoms with Crippen molar-refractivity contribution >= 4 is 11.6 Å². The molecule has 0 radical (unpaired) electrons. The number of aliphatic hydroxyl groups excluding tert-OH is 1. The minimum absolute atomic E-state index is 0.184. The van der Waals surface area contributed by atoms with Gasteiger partial charge in [-0.2, -0.15) is 0 Å². The molecule has 1 aromatic rings. The van der Waals surface area contributed by atoms with E-state index in [9.17, 15) is 4.39 Å². The lowest BCUT2D eigenvalue weighted by atomic mass is 10.1. The van der Waals surface area contributed by atoms with Crippen molar-refractivity contribution in [3.63, 3.8) is 0 Å². The summed E-state index contributed by atoms with van der Waals surface area (Å²) >= 11 is 5.83. The van der Waals surface area contributed by atoms with Gasteiger partial charge in [0.15, 0.2) is 0 Å². The lowest BCUT2D eigenvalue weighted by molar-refractivity contribution is 0.0888. The van der Waals surface area contributed by atoms with E-state index in [4.69, 9.17) is 16.7 Å². The first-order chi connectivity index (χ1) is 9.11. The minimum Gasteiger partial charge on any atom is -0.395 e. The Kier molecular flexibility index (Phi) is 5.16. The molecule has 106 valence electrons. The molecule has 19 heavy (non-hydrogen) atoms. The van der Waals surface area contributed by atoms with E-state index in [1.165, 1.54) is 6.07 Å². The number of β-amino-alcohol motifs (C(OH)–C–C–N with tert-alkyl or cyclic N) is 1. The van der Waals surface area contributed by atoms with Gasteiger partial charge in [0.05, 0.1) is 11.6 Å². The monoisotopic (exact) mass is 286 g/mol. The van der Waals surface area contributed by atoms with E-state index in [1.807, 2.05) is 0 Å². The van der Waals surface area contributed by atoms with Crippen LogP contribution in [0.5, 0.6) is 0 Å². The number of aliphatic hydroxyl groups is 1. The second-order valence-electron chi connectivity index (χ2n) is 4.95. The lowest BCUT2D eigenvalue weighted by Gasteiger charge is -2.38. The second-order valence-corrected chi connectivity index (χ2v) is 5.36. The molecule has 1 aromatic carbocycles. The van der Waals surface area contributed by atoms with Gasteiger partial charge >= 0.3 is 0 Å². The third-order valence-corrected chi connectivity index (χ3v) is 4.09. The lowest BCUT2D eigenvalue weighted by Crippen LogP contribution is -2.47. The Hall–Kier alpha value is -0.680. The number of hydrogen-bond acceptors (Lipinski definition) is 3. The van der Waals surface area contributed by atoms with Crippen LogP contribution >= 0.6 is 11.6 Å². The highest BCUT2D eigenvalue weighted by molar-refractivity contribution is 6.30. The number of nitrogens with zero attached hydrogens (tertiary/aromatic N) is 2. The fourth-order valence-electron chi connectivity index (χ4n) is 2.50. The predicted octanol–water partition coefficient (Wildman–Crippen LogP) is 2.15. The molecular formula is C14H20ClFN2O. The van der Waals surface area contributed by atoms with Gasteiger partial charge in [-0.1, -0.05) is 17.7 Å². The van der Waals surface area contributed by atoms with Crippen LogP contribution < -0.4 is 0 Å². The third-order valence-electron chi connectivity index (χ3n) is 3.80. The smallest absolute Gasteiger partial charge is 0.141 e. The van der Waals surface area contributed by atoms with Crippen molar-refractivity contribution in [3.8, 4) is 0 Å². The molecule has 1 fully saturated rings. The van der Waals surface area contributed by atoms with Crippen LogP contribution in [0.4, 0.5) is 4.39 Å². The highest BCUT2D eigenvalue weighted by atomic mass is 35.5. The van der Waals surface area contributed by atoms with Gasteiger partial charge in [-0.15, -0.1) is 0 Å². The van der Waals surface area contributed by atoms with Crippen LogP contribution in [0.2, 0.25) is 5.02 Å². The maximum Gasteiger partial charge on any atom is 0.141 e. The van der Waals surface area contributed by atoms with Crippen molar-refractivity contribution in [2.75, 3.05) is 39.3 Å². The average molecular weight is 287 g/mol. The summed E-state index contributed by atoms with van der Waals surface area (Å²) in [5.74, 6) is -0.370. The molecule has 1 N–H and O–H groups in total. The van der Waals surface area contributed by atoms with Gasteiger partial charge in [0.1, 0.15) is 5.82 Å². The Morgan fingerprint density at radius 2 is 2.00 bits per heavy atom. The summed E-state index contributed by atoms with van der Waals surface area (Å²) in [5, 5.41) is 9.11. The van der Waals surface area contributed by atoms with E-state index < -0.39 is 0 Å². The molecule has 3 nitrogen and oxygen atoms in total. The van der Waals surface area contributed by atoms with E-state index in [0.29, 0.717) is 0 Å². The quantitative estimate of drug-likeness (QED) is 0.919. The molecule has 1 atom stereocenters. The van der Waals surface area contributed by atoms with Crippen molar-refractivity contribution in [2.24, 2.45) is 0 Å². The van der Waals surface area contributed by atoms with Gasteiger partial charge in [0, 0.05) is 38.8 Å². The van der Waals surface area contributed by atoms with Gasteiger partial charge in [-0.3, -0.25) is 9.80 Å². The first kappa shape index (κ1) is 14.7. The zero-order valence-electron chi connectivity index (χ0n) is 11.1. The third kappa shape index (κ3) is 3.66. The highest BCUT2D eigenvalue weighted by Gasteiger charge is 2.22. The van der Waals surface area contributed by atoms with Gasteiger partial charge in [-0.25, -0.2) is 4.39 Å². The van der Waals surface area contributed by atoms with Crippen LogP contribution in [0.1, 0.15) is 18.5 Å². The number of rotatable bonds is 4. The van der Waals surface area contributed by atoms with E-state index in [-0.39, 0.29) is 23.5 Å².